The van der Waals surface area contributed by atoms with Gasteiger partial charge in [-0.2, -0.15) is 0 Å². The van der Waals surface area contributed by atoms with Crippen LogP contribution in [0.4, 0.5) is 5.69 Å². The van der Waals surface area contributed by atoms with E-state index in [1.165, 1.54) is 28.0 Å². The Kier molecular flexibility index (Phi) is 6.20. The third kappa shape index (κ3) is 4.34. The first-order chi connectivity index (χ1) is 15.8. The molecule has 0 radical (unpaired) electrons. The smallest absolute Gasteiger partial charge is 0.338 e. The number of thiazole rings is 1. The van der Waals surface area contributed by atoms with Gasteiger partial charge in [-0.05, 0) is 55.3 Å². The molecule has 1 atom stereocenters. The predicted octanol–water partition coefficient (Wildman–Crippen LogP) is 2.57. The molecule has 0 unspecified atom stereocenters. The molecule has 0 saturated carbocycles. The summed E-state index contributed by atoms with van der Waals surface area (Å²) in [4.78, 5) is 33.5. The van der Waals surface area contributed by atoms with E-state index in [4.69, 9.17) is 4.74 Å². The predicted molar refractivity (Wildman–Crippen MR) is 129 cm³/mol. The number of aromatic nitrogens is 1. The lowest BCUT2D eigenvalue weighted by atomic mass is 9.96. The van der Waals surface area contributed by atoms with Crippen molar-refractivity contribution in [1.82, 2.24) is 4.57 Å². The molecule has 1 aliphatic heterocycles. The van der Waals surface area contributed by atoms with Crippen molar-refractivity contribution in [3.05, 3.63) is 90.6 Å². The molecule has 33 heavy (non-hydrogen) atoms. The highest BCUT2D eigenvalue weighted by Crippen LogP contribution is 2.31. The van der Waals surface area contributed by atoms with Crippen molar-refractivity contribution in [2.24, 2.45) is 4.99 Å². The number of fused-ring (bicyclic) bond motifs is 1. The van der Waals surface area contributed by atoms with Crippen LogP contribution >= 0.6 is 11.3 Å². The standard InChI is InChI=1S/C25H25N3O4S/c1-5-32-24(31)21-15(2)26-25-28(22(21)17-8-12-19(29)13-9-17)23(30)20(33-25)14-16-6-10-18(11-7-16)27(3)4/h6-14,22,29H,5H2,1-4H3/t22-/m1/s1. The molecule has 3 aromatic rings. The van der Waals surface area contributed by atoms with E-state index in [2.05, 4.69) is 4.99 Å². The molecule has 0 aliphatic carbocycles. The maximum atomic E-state index is 13.5. The summed E-state index contributed by atoms with van der Waals surface area (Å²) in [6.07, 6.45) is 1.83. The fraction of sp³-hybridized carbons (Fsp3) is 0.240. The Morgan fingerprint density at radius 1 is 1.18 bits per heavy atom. The number of phenols is 1. The van der Waals surface area contributed by atoms with Gasteiger partial charge >= 0.3 is 5.97 Å². The number of ether oxygens (including phenoxy) is 1. The summed E-state index contributed by atoms with van der Waals surface area (Å²) in [7, 11) is 3.94. The van der Waals surface area contributed by atoms with E-state index in [1.54, 1.807) is 26.0 Å². The zero-order chi connectivity index (χ0) is 23.7. The number of hydrogen-bond donors (Lipinski definition) is 1. The SMILES string of the molecule is CCOC(=O)C1=C(C)N=c2sc(=Cc3ccc(N(C)C)cc3)c(=O)n2[C@@H]1c1ccc(O)cc1. The van der Waals surface area contributed by atoms with Crippen molar-refractivity contribution in [1.29, 1.82) is 0 Å². The first-order valence-electron chi connectivity index (χ1n) is 10.6. The van der Waals surface area contributed by atoms with E-state index < -0.39 is 12.0 Å². The number of benzene rings is 2. The van der Waals surface area contributed by atoms with Crippen LogP contribution in [0.15, 0.2) is 69.6 Å². The highest BCUT2D eigenvalue weighted by atomic mass is 32.1. The Morgan fingerprint density at radius 2 is 1.85 bits per heavy atom. The molecule has 2 aromatic carbocycles. The lowest BCUT2D eigenvalue weighted by molar-refractivity contribution is -0.139. The molecule has 2 heterocycles. The van der Waals surface area contributed by atoms with Crippen molar-refractivity contribution in [3.63, 3.8) is 0 Å². The fourth-order valence-corrected chi connectivity index (χ4v) is 4.83. The van der Waals surface area contributed by atoms with Gasteiger partial charge in [0.2, 0.25) is 0 Å². The summed E-state index contributed by atoms with van der Waals surface area (Å²) in [5, 5.41) is 9.74. The maximum absolute atomic E-state index is 13.5. The van der Waals surface area contributed by atoms with Crippen molar-refractivity contribution in [2.75, 3.05) is 25.6 Å². The van der Waals surface area contributed by atoms with Crippen molar-refractivity contribution in [2.45, 2.75) is 19.9 Å². The summed E-state index contributed by atoms with van der Waals surface area (Å²) in [6, 6.07) is 13.7. The van der Waals surface area contributed by atoms with Crippen LogP contribution in [0.25, 0.3) is 6.08 Å². The summed E-state index contributed by atoms with van der Waals surface area (Å²) >= 11 is 1.28. The second-order valence-electron chi connectivity index (χ2n) is 7.88. The van der Waals surface area contributed by atoms with E-state index in [-0.39, 0.29) is 17.9 Å². The van der Waals surface area contributed by atoms with Crippen LogP contribution in [0.2, 0.25) is 0 Å². The first-order valence-corrected chi connectivity index (χ1v) is 11.4. The van der Waals surface area contributed by atoms with Gasteiger partial charge in [-0.1, -0.05) is 35.6 Å². The summed E-state index contributed by atoms with van der Waals surface area (Å²) in [6.45, 7) is 3.70. The van der Waals surface area contributed by atoms with Crippen molar-refractivity contribution in [3.8, 4) is 5.75 Å². The van der Waals surface area contributed by atoms with Crippen LogP contribution in [0.3, 0.4) is 0 Å². The fourth-order valence-electron chi connectivity index (χ4n) is 3.78. The largest absolute Gasteiger partial charge is 0.508 e. The van der Waals surface area contributed by atoms with Gasteiger partial charge in [0.15, 0.2) is 4.80 Å². The molecular weight excluding hydrogens is 438 g/mol. The summed E-state index contributed by atoms with van der Waals surface area (Å²) < 4.78 is 7.34. The number of phenolic OH excluding ortho intramolecular Hbond substituents is 1. The quantitative estimate of drug-likeness (QED) is 0.588. The van der Waals surface area contributed by atoms with E-state index >= 15 is 0 Å². The van der Waals surface area contributed by atoms with Gasteiger partial charge < -0.3 is 14.7 Å². The second kappa shape index (κ2) is 9.07. The molecule has 8 heteroatoms. The molecule has 1 aromatic heterocycles. The number of esters is 1. The van der Waals surface area contributed by atoms with Gasteiger partial charge in [-0.3, -0.25) is 9.36 Å². The highest BCUT2D eigenvalue weighted by Gasteiger charge is 2.33. The van der Waals surface area contributed by atoms with E-state index in [1.807, 2.05) is 49.3 Å². The van der Waals surface area contributed by atoms with Crippen LogP contribution in [-0.2, 0) is 9.53 Å². The number of anilines is 1. The molecule has 0 amide bonds. The highest BCUT2D eigenvalue weighted by molar-refractivity contribution is 7.07. The molecule has 0 spiro atoms. The normalized spacial score (nSPS) is 15.8. The zero-order valence-corrected chi connectivity index (χ0v) is 19.7. The van der Waals surface area contributed by atoms with E-state index in [0.29, 0.717) is 26.2 Å². The zero-order valence-electron chi connectivity index (χ0n) is 18.9. The Balaban J connectivity index is 1.90. The van der Waals surface area contributed by atoms with Crippen LogP contribution in [0.5, 0.6) is 5.75 Å². The van der Waals surface area contributed by atoms with Crippen LogP contribution in [0.1, 0.15) is 31.0 Å². The molecule has 1 N–H and O–H groups in total. The third-order valence-corrected chi connectivity index (χ3v) is 6.42. The minimum atomic E-state index is -0.695. The number of allylic oxidation sites excluding steroid dienone is 1. The molecule has 4 rings (SSSR count). The Labute approximate surface area is 195 Å². The van der Waals surface area contributed by atoms with Gasteiger partial charge in [0.05, 0.1) is 28.5 Å². The lowest BCUT2D eigenvalue weighted by Crippen LogP contribution is -2.39. The van der Waals surface area contributed by atoms with Gasteiger partial charge in [0.1, 0.15) is 5.75 Å². The van der Waals surface area contributed by atoms with Crippen LogP contribution in [0, 0.1) is 0 Å². The minimum Gasteiger partial charge on any atom is -0.508 e. The van der Waals surface area contributed by atoms with Gasteiger partial charge in [0, 0.05) is 19.8 Å². The Bertz CT molecular complexity index is 1400. The van der Waals surface area contributed by atoms with Crippen LogP contribution in [-0.4, -0.2) is 36.3 Å². The van der Waals surface area contributed by atoms with Gasteiger partial charge in [-0.15, -0.1) is 0 Å². The summed E-state index contributed by atoms with van der Waals surface area (Å²) in [5.41, 5.74) is 3.24. The maximum Gasteiger partial charge on any atom is 0.338 e. The molecule has 0 bridgehead atoms. The average molecular weight is 464 g/mol. The number of carbonyl (C=O) groups is 1. The van der Waals surface area contributed by atoms with E-state index in [9.17, 15) is 14.7 Å². The Morgan fingerprint density at radius 3 is 2.45 bits per heavy atom. The minimum absolute atomic E-state index is 0.103. The monoisotopic (exact) mass is 463 g/mol. The average Bonchev–Trinajstić information content (AvgIpc) is 3.08. The van der Waals surface area contributed by atoms with Crippen molar-refractivity contribution >= 4 is 29.1 Å². The van der Waals surface area contributed by atoms with Gasteiger partial charge in [0.25, 0.3) is 5.56 Å². The number of aromatic hydroxyl groups is 1. The molecule has 1 aliphatic rings. The molecule has 170 valence electrons. The van der Waals surface area contributed by atoms with Gasteiger partial charge in [-0.25, -0.2) is 9.79 Å². The number of hydrogen-bond acceptors (Lipinski definition) is 7. The van der Waals surface area contributed by atoms with Crippen molar-refractivity contribution < 1.29 is 14.6 Å². The number of nitrogens with zero attached hydrogens (tertiary/aromatic N) is 3. The first kappa shape index (κ1) is 22.5. The number of rotatable bonds is 5. The Hall–Kier alpha value is -3.65. The molecule has 7 nitrogen and oxygen atoms in total. The molecule has 0 saturated heterocycles. The number of carbonyl (C=O) groups excluding carboxylic acids is 1. The third-order valence-electron chi connectivity index (χ3n) is 5.43. The molecular formula is C25H25N3O4S. The van der Waals surface area contributed by atoms with E-state index in [0.717, 1.165) is 11.3 Å². The van der Waals surface area contributed by atoms with Crippen LogP contribution < -0.4 is 19.8 Å². The topological polar surface area (TPSA) is 84.1 Å². The second-order valence-corrected chi connectivity index (χ2v) is 8.89. The molecule has 0 fully saturated rings. The summed E-state index contributed by atoms with van der Waals surface area (Å²) in [5.74, 6) is -0.406. The lowest BCUT2D eigenvalue weighted by Gasteiger charge is -2.24.